The van der Waals surface area contributed by atoms with Crippen LogP contribution in [0.2, 0.25) is 0 Å². The molecule has 2 aromatic carbocycles. The summed E-state index contributed by atoms with van der Waals surface area (Å²) in [7, 11) is 0. The third-order valence-corrected chi connectivity index (χ3v) is 5.22. The number of hydrogen-bond acceptors (Lipinski definition) is 0. The molecule has 0 aliphatic heterocycles. The minimum absolute atomic E-state index is 1.18. The van der Waals surface area contributed by atoms with E-state index in [1.165, 1.54) is 61.6 Å². The molecule has 0 nitrogen and oxygen atoms in total. The van der Waals surface area contributed by atoms with Gasteiger partial charge in [-0.3, -0.25) is 0 Å². The van der Waals surface area contributed by atoms with Gasteiger partial charge in [0.25, 0.3) is 0 Å². The van der Waals surface area contributed by atoms with E-state index in [0.29, 0.717) is 0 Å². The zero-order valence-corrected chi connectivity index (χ0v) is 15.7. The Labute approximate surface area is 153 Å². The van der Waals surface area contributed by atoms with E-state index in [2.05, 4.69) is 74.5 Å². The maximum Gasteiger partial charge on any atom is -0.00521 e. The van der Waals surface area contributed by atoms with Crippen LogP contribution in [0.4, 0.5) is 0 Å². The first-order valence-corrected chi connectivity index (χ1v) is 9.90. The average molecular weight is 331 g/mol. The predicted octanol–water partition coefficient (Wildman–Crippen LogP) is 7.57. The molecule has 0 radical (unpaired) electrons. The maximum atomic E-state index is 2.30. The van der Waals surface area contributed by atoms with Crippen molar-refractivity contribution < 1.29 is 0 Å². The number of unbranched alkanes of at least 4 members (excludes halogenated alkanes) is 2. The average Bonchev–Trinajstić information content (AvgIpc) is 2.66. The molecule has 0 saturated carbocycles. The summed E-state index contributed by atoms with van der Waals surface area (Å²) in [5.74, 6) is 0. The molecule has 0 saturated heterocycles. The van der Waals surface area contributed by atoms with E-state index in [-0.39, 0.29) is 0 Å². The molecule has 2 aromatic rings. The lowest BCUT2D eigenvalue weighted by atomic mass is 9.73. The van der Waals surface area contributed by atoms with Crippen LogP contribution < -0.4 is 0 Å². The quantitative estimate of drug-likeness (QED) is 0.468. The second-order valence-corrected chi connectivity index (χ2v) is 7.05. The summed E-state index contributed by atoms with van der Waals surface area (Å²) in [5, 5.41) is 0. The molecule has 0 atom stereocenters. The van der Waals surface area contributed by atoms with Gasteiger partial charge in [0, 0.05) is 0 Å². The molecule has 130 valence electrons. The van der Waals surface area contributed by atoms with E-state index < -0.39 is 0 Å². The molecule has 0 N–H and O–H groups in total. The number of rotatable bonds is 8. The molecule has 0 unspecified atom stereocenters. The molecule has 0 heteroatoms. The summed E-state index contributed by atoms with van der Waals surface area (Å²) >= 11 is 0. The molecule has 0 fully saturated rings. The number of allylic oxidation sites excluding steroid dienone is 3. The van der Waals surface area contributed by atoms with Crippen molar-refractivity contribution >= 4 is 5.57 Å². The lowest BCUT2D eigenvalue weighted by Crippen LogP contribution is -2.12. The largest absolute Gasteiger partial charge is 0.0654 e. The van der Waals surface area contributed by atoms with Crippen LogP contribution in [0.25, 0.3) is 5.57 Å². The summed E-state index contributed by atoms with van der Waals surface area (Å²) in [6.45, 7) is 4.59. The van der Waals surface area contributed by atoms with Crippen molar-refractivity contribution in [2.45, 2.75) is 58.8 Å². The highest BCUT2D eigenvalue weighted by atomic mass is 14.3. The van der Waals surface area contributed by atoms with Crippen molar-refractivity contribution in [2.75, 3.05) is 0 Å². The smallest absolute Gasteiger partial charge is 0.00521 e. The molecular weight excluding hydrogens is 300 g/mol. The predicted molar refractivity (Wildman–Crippen MR) is 110 cm³/mol. The molecule has 0 heterocycles. The van der Waals surface area contributed by atoms with Gasteiger partial charge >= 0.3 is 0 Å². The van der Waals surface area contributed by atoms with Gasteiger partial charge in [-0.15, -0.1) is 0 Å². The first-order chi connectivity index (χ1) is 12.3. The fourth-order valence-corrected chi connectivity index (χ4v) is 3.81. The highest BCUT2D eigenvalue weighted by molar-refractivity contribution is 5.86. The van der Waals surface area contributed by atoms with E-state index in [4.69, 9.17) is 0 Å². The van der Waals surface area contributed by atoms with E-state index in [1.54, 1.807) is 16.7 Å². The second-order valence-electron chi connectivity index (χ2n) is 7.05. The SMILES string of the molecule is CCCCC1=C(CCCC)C(=C(c2ccccc2)c2ccccc2)C1. The molecule has 0 aromatic heterocycles. The Kier molecular flexibility index (Phi) is 6.28. The van der Waals surface area contributed by atoms with Crippen molar-refractivity contribution in [2.24, 2.45) is 0 Å². The Morgan fingerprint density at radius 3 is 1.76 bits per heavy atom. The molecule has 0 spiro atoms. The zero-order valence-electron chi connectivity index (χ0n) is 15.7. The highest BCUT2D eigenvalue weighted by Crippen LogP contribution is 2.45. The van der Waals surface area contributed by atoms with Crippen LogP contribution in [0.15, 0.2) is 77.4 Å². The Hall–Kier alpha value is -2.08. The highest BCUT2D eigenvalue weighted by Gasteiger charge is 2.26. The molecule has 1 aliphatic rings. The van der Waals surface area contributed by atoms with Gasteiger partial charge in [0.1, 0.15) is 0 Å². The van der Waals surface area contributed by atoms with Crippen LogP contribution >= 0.6 is 0 Å². The Bertz CT molecular complexity index is 691. The fraction of sp³-hybridized carbons (Fsp3) is 0.360. The third-order valence-electron chi connectivity index (χ3n) is 5.22. The summed E-state index contributed by atoms with van der Waals surface area (Å²) in [5.41, 5.74) is 9.14. The monoisotopic (exact) mass is 330 g/mol. The number of benzene rings is 2. The molecule has 1 aliphatic carbocycles. The summed E-state index contributed by atoms with van der Waals surface area (Å²) in [4.78, 5) is 0. The fourth-order valence-electron chi connectivity index (χ4n) is 3.81. The van der Waals surface area contributed by atoms with E-state index >= 15 is 0 Å². The van der Waals surface area contributed by atoms with Gasteiger partial charge in [0.2, 0.25) is 0 Å². The van der Waals surface area contributed by atoms with Gasteiger partial charge < -0.3 is 0 Å². The van der Waals surface area contributed by atoms with Crippen LogP contribution in [-0.4, -0.2) is 0 Å². The molecule has 3 rings (SSSR count). The summed E-state index contributed by atoms with van der Waals surface area (Å²) in [6.07, 6.45) is 8.88. The van der Waals surface area contributed by atoms with Gasteiger partial charge in [0.15, 0.2) is 0 Å². The van der Waals surface area contributed by atoms with Crippen LogP contribution in [0.1, 0.15) is 69.9 Å². The zero-order chi connectivity index (χ0) is 17.5. The summed E-state index contributed by atoms with van der Waals surface area (Å²) in [6, 6.07) is 21.9. The second kappa shape index (κ2) is 8.85. The maximum absolute atomic E-state index is 2.30. The Balaban J connectivity index is 2.06. The lowest BCUT2D eigenvalue weighted by molar-refractivity contribution is 0.701. The standard InChI is InChI=1S/C25H30/c1-3-5-13-22-19-24(23(22)18-6-4-2)25(20-14-9-7-10-15-20)21-16-11-8-12-17-21/h7-12,14-17H,3-6,13,18-19H2,1-2H3. The van der Waals surface area contributed by atoms with Gasteiger partial charge in [-0.05, 0) is 60.0 Å². The van der Waals surface area contributed by atoms with Crippen molar-refractivity contribution in [3.63, 3.8) is 0 Å². The molecule has 0 bridgehead atoms. The summed E-state index contributed by atoms with van der Waals surface area (Å²) < 4.78 is 0. The van der Waals surface area contributed by atoms with Crippen LogP contribution in [0.3, 0.4) is 0 Å². The number of hydrogen-bond donors (Lipinski definition) is 0. The van der Waals surface area contributed by atoms with E-state index in [1.807, 2.05) is 0 Å². The van der Waals surface area contributed by atoms with Crippen LogP contribution in [0, 0.1) is 0 Å². The van der Waals surface area contributed by atoms with Gasteiger partial charge in [-0.1, -0.05) is 92.9 Å². The Morgan fingerprint density at radius 2 is 1.24 bits per heavy atom. The van der Waals surface area contributed by atoms with Gasteiger partial charge in [-0.2, -0.15) is 0 Å². The van der Waals surface area contributed by atoms with E-state index in [9.17, 15) is 0 Å². The third kappa shape index (κ3) is 4.12. The normalized spacial score (nSPS) is 13.8. The van der Waals surface area contributed by atoms with Crippen molar-refractivity contribution in [1.29, 1.82) is 0 Å². The van der Waals surface area contributed by atoms with Crippen LogP contribution in [-0.2, 0) is 0 Å². The molecule has 0 amide bonds. The van der Waals surface area contributed by atoms with Crippen LogP contribution in [0.5, 0.6) is 0 Å². The minimum Gasteiger partial charge on any atom is -0.0654 e. The van der Waals surface area contributed by atoms with Crippen molar-refractivity contribution in [3.05, 3.63) is 88.5 Å². The first-order valence-electron chi connectivity index (χ1n) is 9.90. The molecular formula is C25H30. The first kappa shape index (κ1) is 17.7. The lowest BCUT2D eigenvalue weighted by Gasteiger charge is -2.31. The Morgan fingerprint density at radius 1 is 0.720 bits per heavy atom. The van der Waals surface area contributed by atoms with Gasteiger partial charge in [-0.25, -0.2) is 0 Å². The van der Waals surface area contributed by atoms with Crippen molar-refractivity contribution in [3.8, 4) is 0 Å². The minimum atomic E-state index is 1.18. The van der Waals surface area contributed by atoms with Crippen molar-refractivity contribution in [1.82, 2.24) is 0 Å². The molecule has 25 heavy (non-hydrogen) atoms. The van der Waals surface area contributed by atoms with E-state index in [0.717, 1.165) is 0 Å². The topological polar surface area (TPSA) is 0 Å². The van der Waals surface area contributed by atoms with Gasteiger partial charge in [0.05, 0.1) is 0 Å².